The Morgan fingerprint density at radius 1 is 1.47 bits per heavy atom. The molecule has 1 unspecified atom stereocenters. The van der Waals surface area contributed by atoms with Gasteiger partial charge < -0.3 is 5.32 Å². The monoisotopic (exact) mass is 307 g/mol. The number of hydrogen-bond donors (Lipinski definition) is 1. The Bertz CT molecular complexity index is 537. The predicted molar refractivity (Wildman–Crippen MR) is 78.3 cm³/mol. The number of aryl methyl sites for hydroxylation is 1. The minimum Gasteiger partial charge on any atom is -0.308 e. The van der Waals surface area contributed by atoms with Crippen LogP contribution in [0.2, 0.25) is 5.02 Å². The zero-order chi connectivity index (χ0) is 14.8. The number of halogens is 1. The van der Waals surface area contributed by atoms with Gasteiger partial charge in [-0.05, 0) is 27.3 Å². The van der Waals surface area contributed by atoms with Gasteiger partial charge in [-0.3, -0.25) is 4.68 Å². The summed E-state index contributed by atoms with van der Waals surface area (Å²) in [5, 5.41) is 7.90. The Hall–Kier alpha value is -0.590. The van der Waals surface area contributed by atoms with Crippen LogP contribution in [0.15, 0.2) is 6.20 Å². The predicted octanol–water partition coefficient (Wildman–Crippen LogP) is 2.03. The van der Waals surface area contributed by atoms with Crippen LogP contribution in [0.5, 0.6) is 0 Å². The largest absolute Gasteiger partial charge is 0.308 e. The normalized spacial score (nSPS) is 14.6. The van der Waals surface area contributed by atoms with Crippen molar-refractivity contribution >= 4 is 21.4 Å². The summed E-state index contributed by atoms with van der Waals surface area (Å²) in [6, 6.07) is -0.401. The minimum absolute atomic E-state index is 0.401. The topological polar surface area (TPSA) is 64.0 Å². The molecule has 0 aliphatic rings. The second-order valence-corrected chi connectivity index (χ2v) is 8.06. The fourth-order valence-corrected chi connectivity index (χ4v) is 2.87. The Morgan fingerprint density at radius 2 is 2.05 bits per heavy atom. The fraction of sp³-hybridized carbons (Fsp3) is 0.750. The Kier molecular flexibility index (Phi) is 5.03. The molecule has 0 aromatic carbocycles. The van der Waals surface area contributed by atoms with Gasteiger partial charge in [-0.1, -0.05) is 18.5 Å². The van der Waals surface area contributed by atoms with Gasteiger partial charge in [0, 0.05) is 12.8 Å². The molecule has 0 radical (unpaired) electrons. The number of nitrogens with one attached hydrogen (secondary N) is 1. The maximum absolute atomic E-state index is 12.1. The highest BCUT2D eigenvalue weighted by Crippen LogP contribution is 2.35. The van der Waals surface area contributed by atoms with Crippen LogP contribution < -0.4 is 5.32 Å². The van der Waals surface area contributed by atoms with Crippen LogP contribution in [-0.2, 0) is 16.4 Å². The van der Waals surface area contributed by atoms with E-state index < -0.39 is 20.6 Å². The second kappa shape index (κ2) is 5.81. The molecule has 7 heteroatoms. The zero-order valence-electron chi connectivity index (χ0n) is 12.1. The van der Waals surface area contributed by atoms with Crippen LogP contribution in [0.25, 0.3) is 0 Å². The van der Waals surface area contributed by atoms with E-state index in [1.807, 2.05) is 13.8 Å². The number of sulfone groups is 1. The van der Waals surface area contributed by atoms with E-state index >= 15 is 0 Å². The number of aromatic nitrogens is 2. The highest BCUT2D eigenvalue weighted by atomic mass is 35.5. The van der Waals surface area contributed by atoms with Crippen LogP contribution in [0.4, 0.5) is 0 Å². The molecule has 110 valence electrons. The van der Waals surface area contributed by atoms with Crippen molar-refractivity contribution in [3.63, 3.8) is 0 Å². The van der Waals surface area contributed by atoms with Gasteiger partial charge in [0.1, 0.15) is 0 Å². The molecule has 0 fully saturated rings. The van der Waals surface area contributed by atoms with Crippen LogP contribution in [0, 0.1) is 0 Å². The maximum Gasteiger partial charge on any atom is 0.154 e. The first kappa shape index (κ1) is 16.5. The highest BCUT2D eigenvalue weighted by Gasteiger charge is 2.42. The maximum atomic E-state index is 12.1. The van der Waals surface area contributed by atoms with E-state index in [9.17, 15) is 8.42 Å². The average molecular weight is 308 g/mol. The van der Waals surface area contributed by atoms with E-state index in [2.05, 4.69) is 10.4 Å². The van der Waals surface area contributed by atoms with Crippen LogP contribution in [0.3, 0.4) is 0 Å². The van der Waals surface area contributed by atoms with Gasteiger partial charge in [-0.15, -0.1) is 0 Å². The molecular weight excluding hydrogens is 286 g/mol. The molecule has 0 spiro atoms. The zero-order valence-corrected chi connectivity index (χ0v) is 13.6. The standard InChI is InChI=1S/C12H22ClN3O2S/c1-6-14-11(12(3,4)19(5,17)18)10-9(13)8-15-16(10)7-2/h8,11,14H,6-7H2,1-5H3. The average Bonchev–Trinajstić information content (AvgIpc) is 2.65. The summed E-state index contributed by atoms with van der Waals surface area (Å²) >= 11 is 6.19. The van der Waals surface area contributed by atoms with Gasteiger partial charge in [0.15, 0.2) is 9.84 Å². The molecule has 1 atom stereocenters. The van der Waals surface area contributed by atoms with Gasteiger partial charge in [0.25, 0.3) is 0 Å². The first-order valence-corrected chi connectivity index (χ1v) is 8.57. The van der Waals surface area contributed by atoms with E-state index in [0.717, 1.165) is 5.69 Å². The van der Waals surface area contributed by atoms with Gasteiger partial charge >= 0.3 is 0 Å². The highest BCUT2D eigenvalue weighted by molar-refractivity contribution is 7.92. The lowest BCUT2D eigenvalue weighted by Gasteiger charge is -2.33. The van der Waals surface area contributed by atoms with Crippen molar-refractivity contribution < 1.29 is 8.42 Å². The van der Waals surface area contributed by atoms with Gasteiger partial charge in [-0.25, -0.2) is 8.42 Å². The smallest absolute Gasteiger partial charge is 0.154 e. The van der Waals surface area contributed by atoms with Crippen LogP contribution >= 0.6 is 11.6 Å². The Balaban J connectivity index is 3.40. The van der Waals surface area contributed by atoms with Crippen molar-refractivity contribution in [3.8, 4) is 0 Å². The minimum atomic E-state index is -3.25. The van der Waals surface area contributed by atoms with Crippen LogP contribution in [0.1, 0.15) is 39.4 Å². The molecule has 1 N–H and O–H groups in total. The number of nitrogens with zero attached hydrogens (tertiary/aromatic N) is 2. The SMILES string of the molecule is CCNC(c1c(Cl)cnn1CC)C(C)(C)S(C)(=O)=O. The van der Waals surface area contributed by atoms with Gasteiger partial charge in [0.05, 0.1) is 27.7 Å². The lowest BCUT2D eigenvalue weighted by Crippen LogP contribution is -2.46. The summed E-state index contributed by atoms with van der Waals surface area (Å²) in [6.45, 7) is 8.59. The molecule has 0 saturated heterocycles. The van der Waals surface area contributed by atoms with Gasteiger partial charge in [-0.2, -0.15) is 5.10 Å². The first-order valence-electron chi connectivity index (χ1n) is 6.31. The molecule has 0 aliphatic carbocycles. The summed E-state index contributed by atoms with van der Waals surface area (Å²) in [7, 11) is -3.25. The van der Waals surface area contributed by atoms with Crippen molar-refractivity contribution in [1.82, 2.24) is 15.1 Å². The quantitative estimate of drug-likeness (QED) is 0.873. The summed E-state index contributed by atoms with van der Waals surface area (Å²) < 4.78 is 24.9. The third-order valence-corrected chi connectivity index (χ3v) is 5.90. The van der Waals surface area contributed by atoms with Crippen molar-refractivity contribution in [2.45, 2.75) is 45.0 Å². The molecule has 0 bridgehead atoms. The number of rotatable bonds is 6. The molecule has 19 heavy (non-hydrogen) atoms. The van der Waals surface area contributed by atoms with E-state index in [1.165, 1.54) is 6.26 Å². The molecule has 1 rings (SSSR count). The Morgan fingerprint density at radius 3 is 2.47 bits per heavy atom. The molecule has 0 amide bonds. The summed E-state index contributed by atoms with van der Waals surface area (Å²) in [4.78, 5) is 0. The van der Waals surface area contributed by atoms with E-state index in [0.29, 0.717) is 18.1 Å². The van der Waals surface area contributed by atoms with Gasteiger partial charge in [0.2, 0.25) is 0 Å². The lowest BCUT2D eigenvalue weighted by molar-refractivity contribution is 0.401. The molecule has 1 aromatic heterocycles. The second-order valence-electron chi connectivity index (χ2n) is 5.06. The Labute approximate surface area is 120 Å². The van der Waals surface area contributed by atoms with E-state index in [1.54, 1.807) is 24.7 Å². The van der Waals surface area contributed by atoms with Crippen molar-refractivity contribution in [3.05, 3.63) is 16.9 Å². The molecule has 0 aliphatic heterocycles. The van der Waals surface area contributed by atoms with Crippen molar-refractivity contribution in [1.29, 1.82) is 0 Å². The molecule has 1 heterocycles. The van der Waals surface area contributed by atoms with Crippen LogP contribution in [-0.4, -0.2) is 35.7 Å². The molecule has 5 nitrogen and oxygen atoms in total. The van der Waals surface area contributed by atoms with E-state index in [-0.39, 0.29) is 0 Å². The number of hydrogen-bond acceptors (Lipinski definition) is 4. The first-order chi connectivity index (χ1) is 8.66. The van der Waals surface area contributed by atoms with E-state index in [4.69, 9.17) is 11.6 Å². The summed E-state index contributed by atoms with van der Waals surface area (Å²) in [5.41, 5.74) is 0.724. The molecule has 0 saturated carbocycles. The summed E-state index contributed by atoms with van der Waals surface area (Å²) in [5.74, 6) is 0. The third kappa shape index (κ3) is 3.12. The molecular formula is C12H22ClN3O2S. The van der Waals surface area contributed by atoms with Crippen molar-refractivity contribution in [2.75, 3.05) is 12.8 Å². The summed E-state index contributed by atoms with van der Waals surface area (Å²) in [6.07, 6.45) is 2.81. The third-order valence-electron chi connectivity index (χ3n) is 3.47. The fourth-order valence-electron chi connectivity index (χ4n) is 2.00. The molecule has 1 aromatic rings. The lowest BCUT2D eigenvalue weighted by atomic mass is 9.99. The van der Waals surface area contributed by atoms with Crippen molar-refractivity contribution in [2.24, 2.45) is 0 Å².